The zero-order chi connectivity index (χ0) is 21.5. The lowest BCUT2D eigenvalue weighted by atomic mass is 10.1. The number of amidine groups is 1. The number of ether oxygens (including phenoxy) is 1. The number of hydrogen-bond acceptors (Lipinski definition) is 5. The van der Waals surface area contributed by atoms with Gasteiger partial charge in [0.15, 0.2) is 5.17 Å². The molecule has 154 valence electrons. The number of carbonyl (C=O) groups is 2. The predicted molar refractivity (Wildman–Crippen MR) is 117 cm³/mol. The minimum Gasteiger partial charge on any atom is -0.465 e. The molecule has 0 N–H and O–H groups in total. The van der Waals surface area contributed by atoms with Gasteiger partial charge in [-0.1, -0.05) is 42.1 Å². The average molecular weight is 422 g/mol. The molecule has 0 radical (unpaired) electrons. The first-order chi connectivity index (χ1) is 14.5. The predicted octanol–water partition coefficient (Wildman–Crippen LogP) is 3.67. The number of nitrogens with zero attached hydrogens (tertiary/aromatic N) is 3. The fourth-order valence-electron chi connectivity index (χ4n) is 3.21. The van der Waals surface area contributed by atoms with Crippen molar-refractivity contribution in [2.75, 3.05) is 13.2 Å². The molecule has 0 aromatic heterocycles. The van der Waals surface area contributed by atoms with Gasteiger partial charge in [-0.2, -0.15) is 10.3 Å². The van der Waals surface area contributed by atoms with Crippen LogP contribution in [0, 0.1) is 11.3 Å². The lowest BCUT2D eigenvalue weighted by molar-refractivity contribution is -0.143. The van der Waals surface area contributed by atoms with Crippen LogP contribution >= 0.6 is 11.8 Å². The molecule has 2 atom stereocenters. The summed E-state index contributed by atoms with van der Waals surface area (Å²) in [5.41, 5.74) is 2.05. The number of hydrogen-bond donors (Lipinski definition) is 0. The monoisotopic (exact) mass is 421 g/mol. The molecule has 7 heteroatoms. The summed E-state index contributed by atoms with van der Waals surface area (Å²) in [5, 5.41) is 9.00. The Labute approximate surface area is 180 Å². The van der Waals surface area contributed by atoms with E-state index in [1.54, 1.807) is 31.2 Å². The Kier molecular flexibility index (Phi) is 7.26. The summed E-state index contributed by atoms with van der Waals surface area (Å²) in [7, 11) is 0. The van der Waals surface area contributed by atoms with Crippen LogP contribution in [0.25, 0.3) is 0 Å². The second-order valence-electron chi connectivity index (χ2n) is 6.85. The summed E-state index contributed by atoms with van der Waals surface area (Å²) in [6.45, 7) is 4.67. The molecular weight excluding hydrogens is 398 g/mol. The lowest BCUT2D eigenvalue weighted by Gasteiger charge is -2.24. The van der Waals surface area contributed by atoms with Crippen LogP contribution in [0.1, 0.15) is 35.3 Å². The van der Waals surface area contributed by atoms with Crippen molar-refractivity contribution in [1.29, 1.82) is 5.26 Å². The van der Waals surface area contributed by atoms with E-state index in [0.29, 0.717) is 29.4 Å². The van der Waals surface area contributed by atoms with Gasteiger partial charge in [0.05, 0.1) is 24.3 Å². The van der Waals surface area contributed by atoms with Crippen molar-refractivity contribution in [2.24, 2.45) is 4.99 Å². The molecule has 2 aromatic rings. The number of carbonyl (C=O) groups excluding carboxylic acids is 2. The van der Waals surface area contributed by atoms with Crippen molar-refractivity contribution < 1.29 is 14.3 Å². The number of rotatable bonds is 6. The van der Waals surface area contributed by atoms with Gasteiger partial charge in [-0.15, -0.1) is 0 Å². The SMILES string of the molecule is CCOC(=O)C1SC(=NC(=O)c2ccc(C#N)cc2)N(CCc2ccccc2)C1C. The largest absolute Gasteiger partial charge is 0.465 e. The van der Waals surface area contributed by atoms with Gasteiger partial charge in [-0.25, -0.2) is 0 Å². The van der Waals surface area contributed by atoms with E-state index in [1.807, 2.05) is 36.1 Å². The molecule has 3 rings (SSSR count). The number of thioether (sulfide) groups is 1. The molecule has 0 saturated carbocycles. The molecular formula is C23H23N3O3S. The van der Waals surface area contributed by atoms with E-state index >= 15 is 0 Å². The zero-order valence-electron chi connectivity index (χ0n) is 16.9. The van der Waals surface area contributed by atoms with Gasteiger partial charge in [0, 0.05) is 12.1 Å². The molecule has 1 aliphatic heterocycles. The maximum absolute atomic E-state index is 12.7. The second-order valence-corrected chi connectivity index (χ2v) is 7.96. The van der Waals surface area contributed by atoms with Crippen LogP contribution in [0.4, 0.5) is 0 Å². The Morgan fingerprint density at radius 2 is 1.87 bits per heavy atom. The normalized spacial score (nSPS) is 19.5. The van der Waals surface area contributed by atoms with Crippen molar-refractivity contribution in [3.63, 3.8) is 0 Å². The molecule has 0 bridgehead atoms. The van der Waals surface area contributed by atoms with E-state index in [1.165, 1.54) is 17.3 Å². The fourth-order valence-corrected chi connectivity index (χ4v) is 4.47. The second kappa shape index (κ2) is 10.1. The third-order valence-corrected chi connectivity index (χ3v) is 6.25. The van der Waals surface area contributed by atoms with E-state index < -0.39 is 11.2 Å². The smallest absolute Gasteiger partial charge is 0.321 e. The third-order valence-electron chi connectivity index (χ3n) is 4.87. The molecule has 30 heavy (non-hydrogen) atoms. The number of aliphatic imine (C=N–C) groups is 1. The van der Waals surface area contributed by atoms with Crippen LogP contribution in [0.3, 0.4) is 0 Å². The Bertz CT molecular complexity index is 967. The first-order valence-electron chi connectivity index (χ1n) is 9.80. The van der Waals surface area contributed by atoms with E-state index in [4.69, 9.17) is 10.00 Å². The van der Waals surface area contributed by atoms with Gasteiger partial charge in [0.25, 0.3) is 5.91 Å². The first-order valence-corrected chi connectivity index (χ1v) is 10.7. The van der Waals surface area contributed by atoms with Gasteiger partial charge < -0.3 is 9.64 Å². The van der Waals surface area contributed by atoms with E-state index in [-0.39, 0.29) is 12.0 Å². The van der Waals surface area contributed by atoms with Crippen molar-refractivity contribution in [3.05, 3.63) is 71.3 Å². The summed E-state index contributed by atoms with van der Waals surface area (Å²) in [4.78, 5) is 31.4. The molecule has 2 unspecified atom stereocenters. The Hall–Kier alpha value is -3.11. The summed E-state index contributed by atoms with van der Waals surface area (Å²) < 4.78 is 5.21. The summed E-state index contributed by atoms with van der Waals surface area (Å²) in [6, 6.07) is 18.3. The standard InChI is InChI=1S/C23H23N3O3S/c1-3-29-22(28)20-16(2)26(14-13-17-7-5-4-6-8-17)23(30-20)25-21(27)19-11-9-18(15-24)10-12-19/h4-12,16,20H,3,13-14H2,1-2H3. The molecule has 0 spiro atoms. The van der Waals surface area contributed by atoms with Crippen molar-refractivity contribution in [1.82, 2.24) is 4.90 Å². The molecule has 1 aliphatic rings. The number of benzene rings is 2. The summed E-state index contributed by atoms with van der Waals surface area (Å²) in [5.74, 6) is -0.695. The lowest BCUT2D eigenvalue weighted by Crippen LogP contribution is -2.39. The molecule has 1 saturated heterocycles. The highest BCUT2D eigenvalue weighted by Crippen LogP contribution is 2.33. The molecule has 6 nitrogen and oxygen atoms in total. The van der Waals surface area contributed by atoms with Gasteiger partial charge >= 0.3 is 5.97 Å². The minimum atomic E-state index is -0.437. The fraction of sp³-hybridized carbons (Fsp3) is 0.304. The molecule has 1 heterocycles. The Balaban J connectivity index is 1.83. The average Bonchev–Trinajstić information content (AvgIpc) is 3.08. The van der Waals surface area contributed by atoms with Crippen molar-refractivity contribution >= 4 is 28.8 Å². The van der Waals surface area contributed by atoms with Crippen LogP contribution in [0.5, 0.6) is 0 Å². The highest BCUT2D eigenvalue weighted by Gasteiger charge is 2.41. The van der Waals surface area contributed by atoms with Gasteiger partial charge in [-0.05, 0) is 50.1 Å². The third kappa shape index (κ3) is 5.08. The molecule has 2 aromatic carbocycles. The van der Waals surface area contributed by atoms with Crippen LogP contribution in [-0.4, -0.2) is 46.4 Å². The van der Waals surface area contributed by atoms with Gasteiger partial charge in [0.1, 0.15) is 5.25 Å². The summed E-state index contributed by atoms with van der Waals surface area (Å²) >= 11 is 1.27. The molecule has 0 aliphatic carbocycles. The molecule has 1 amide bonds. The minimum absolute atomic E-state index is 0.148. The van der Waals surface area contributed by atoms with Gasteiger partial charge in [-0.3, -0.25) is 9.59 Å². The van der Waals surface area contributed by atoms with Gasteiger partial charge in [0.2, 0.25) is 0 Å². The van der Waals surface area contributed by atoms with Crippen molar-refractivity contribution in [3.8, 4) is 6.07 Å². The number of esters is 1. The quantitative estimate of drug-likeness (QED) is 0.662. The Morgan fingerprint density at radius 1 is 1.17 bits per heavy atom. The molecule has 1 fully saturated rings. The van der Waals surface area contributed by atoms with Crippen LogP contribution < -0.4 is 0 Å². The van der Waals surface area contributed by atoms with Crippen LogP contribution in [-0.2, 0) is 16.0 Å². The highest BCUT2D eigenvalue weighted by atomic mass is 32.2. The topological polar surface area (TPSA) is 82.8 Å². The van der Waals surface area contributed by atoms with Crippen LogP contribution in [0.15, 0.2) is 59.6 Å². The number of nitriles is 1. The maximum Gasteiger partial charge on any atom is 0.321 e. The first kappa shape index (κ1) is 21.6. The van der Waals surface area contributed by atoms with E-state index in [2.05, 4.69) is 17.1 Å². The maximum atomic E-state index is 12.7. The van der Waals surface area contributed by atoms with Crippen LogP contribution in [0.2, 0.25) is 0 Å². The Morgan fingerprint density at radius 3 is 2.50 bits per heavy atom. The highest BCUT2D eigenvalue weighted by molar-refractivity contribution is 8.15. The van der Waals surface area contributed by atoms with E-state index in [0.717, 1.165) is 6.42 Å². The zero-order valence-corrected chi connectivity index (χ0v) is 17.8. The van der Waals surface area contributed by atoms with E-state index in [9.17, 15) is 9.59 Å². The number of amides is 1. The summed E-state index contributed by atoms with van der Waals surface area (Å²) in [6.07, 6.45) is 0.769. The van der Waals surface area contributed by atoms with Crippen molar-refractivity contribution in [2.45, 2.75) is 31.6 Å².